The van der Waals surface area contributed by atoms with Crippen molar-refractivity contribution in [2.75, 3.05) is 0 Å². The van der Waals surface area contributed by atoms with Crippen LogP contribution in [0.25, 0.3) is 27.9 Å². The summed E-state index contributed by atoms with van der Waals surface area (Å²) in [6.07, 6.45) is 3.86. The van der Waals surface area contributed by atoms with Crippen molar-refractivity contribution in [1.29, 1.82) is 0 Å². The first-order valence-corrected chi connectivity index (χ1v) is 5.80. The second-order valence-electron chi connectivity index (χ2n) is 4.19. The SMILES string of the molecule is c1ccc2c(-c3nc4ccccn4n3)c[nH]c2c1. The van der Waals surface area contributed by atoms with Gasteiger partial charge in [0.25, 0.3) is 0 Å². The molecule has 0 bridgehead atoms. The van der Waals surface area contributed by atoms with Crippen molar-refractivity contribution in [1.82, 2.24) is 19.6 Å². The number of pyridine rings is 1. The van der Waals surface area contributed by atoms with Crippen molar-refractivity contribution in [3.8, 4) is 11.4 Å². The molecule has 0 unspecified atom stereocenters. The Morgan fingerprint density at radius 3 is 2.83 bits per heavy atom. The Morgan fingerprint density at radius 2 is 1.89 bits per heavy atom. The lowest BCUT2D eigenvalue weighted by Crippen LogP contribution is -1.84. The predicted molar refractivity (Wildman–Crippen MR) is 70.3 cm³/mol. The maximum absolute atomic E-state index is 4.54. The lowest BCUT2D eigenvalue weighted by Gasteiger charge is -1.91. The van der Waals surface area contributed by atoms with E-state index in [4.69, 9.17) is 0 Å². The molecular weight excluding hydrogens is 224 g/mol. The number of nitrogens with zero attached hydrogens (tertiary/aromatic N) is 3. The number of nitrogens with one attached hydrogen (secondary N) is 1. The summed E-state index contributed by atoms with van der Waals surface area (Å²) in [5.41, 5.74) is 3.00. The fourth-order valence-electron chi connectivity index (χ4n) is 2.20. The Hall–Kier alpha value is -2.62. The first-order valence-electron chi connectivity index (χ1n) is 5.80. The van der Waals surface area contributed by atoms with E-state index >= 15 is 0 Å². The number of fused-ring (bicyclic) bond motifs is 2. The fourth-order valence-corrected chi connectivity index (χ4v) is 2.20. The van der Waals surface area contributed by atoms with E-state index in [-0.39, 0.29) is 0 Å². The Morgan fingerprint density at radius 1 is 1.00 bits per heavy atom. The third kappa shape index (κ3) is 1.26. The molecule has 0 aliphatic rings. The zero-order valence-corrected chi connectivity index (χ0v) is 9.54. The summed E-state index contributed by atoms with van der Waals surface area (Å²) in [7, 11) is 0. The van der Waals surface area contributed by atoms with Crippen LogP contribution < -0.4 is 0 Å². The largest absolute Gasteiger partial charge is 0.360 e. The second-order valence-corrected chi connectivity index (χ2v) is 4.19. The number of benzene rings is 1. The average Bonchev–Trinajstić information content (AvgIpc) is 3.02. The normalized spacial score (nSPS) is 11.3. The van der Waals surface area contributed by atoms with E-state index in [1.807, 2.05) is 42.7 Å². The molecule has 1 N–H and O–H groups in total. The smallest absolute Gasteiger partial charge is 0.184 e. The van der Waals surface area contributed by atoms with E-state index < -0.39 is 0 Å². The summed E-state index contributed by atoms with van der Waals surface area (Å²) >= 11 is 0. The molecule has 0 fully saturated rings. The molecule has 0 atom stereocenters. The molecule has 1 aromatic carbocycles. The number of rotatable bonds is 1. The molecule has 0 spiro atoms. The number of aromatic amines is 1. The van der Waals surface area contributed by atoms with E-state index in [9.17, 15) is 0 Å². The van der Waals surface area contributed by atoms with Crippen LogP contribution in [0.1, 0.15) is 0 Å². The number of H-pyrrole nitrogens is 1. The summed E-state index contributed by atoms with van der Waals surface area (Å²) in [5, 5.41) is 5.64. The van der Waals surface area contributed by atoms with Gasteiger partial charge in [0, 0.05) is 28.9 Å². The Bertz CT molecular complexity index is 808. The van der Waals surface area contributed by atoms with Gasteiger partial charge in [0.2, 0.25) is 0 Å². The van der Waals surface area contributed by atoms with Gasteiger partial charge in [-0.1, -0.05) is 24.3 Å². The van der Waals surface area contributed by atoms with E-state index in [2.05, 4.69) is 27.2 Å². The van der Waals surface area contributed by atoms with E-state index in [0.29, 0.717) is 0 Å². The first kappa shape index (κ1) is 9.41. The van der Waals surface area contributed by atoms with Gasteiger partial charge in [0.1, 0.15) is 0 Å². The summed E-state index contributed by atoms with van der Waals surface area (Å²) in [4.78, 5) is 7.78. The molecule has 0 amide bonds. The zero-order chi connectivity index (χ0) is 11.9. The van der Waals surface area contributed by atoms with Crippen LogP contribution in [-0.2, 0) is 0 Å². The van der Waals surface area contributed by atoms with Gasteiger partial charge in [-0.25, -0.2) is 9.50 Å². The number of hydrogen-bond acceptors (Lipinski definition) is 2. The molecular formula is C14H10N4. The Labute approximate surface area is 103 Å². The van der Waals surface area contributed by atoms with Crippen LogP contribution in [0.2, 0.25) is 0 Å². The van der Waals surface area contributed by atoms with Gasteiger partial charge in [0.05, 0.1) is 0 Å². The number of hydrogen-bond donors (Lipinski definition) is 1. The molecule has 0 radical (unpaired) electrons. The fraction of sp³-hybridized carbons (Fsp3) is 0. The highest BCUT2D eigenvalue weighted by Gasteiger charge is 2.10. The molecule has 18 heavy (non-hydrogen) atoms. The van der Waals surface area contributed by atoms with Crippen LogP contribution in [-0.4, -0.2) is 19.6 Å². The molecule has 0 aliphatic carbocycles. The molecule has 4 rings (SSSR count). The van der Waals surface area contributed by atoms with Crippen LogP contribution in [0, 0.1) is 0 Å². The molecule has 4 aromatic rings. The van der Waals surface area contributed by atoms with Crippen molar-refractivity contribution >= 4 is 16.6 Å². The monoisotopic (exact) mass is 234 g/mol. The summed E-state index contributed by atoms with van der Waals surface area (Å²) in [5.74, 6) is 0.749. The van der Waals surface area contributed by atoms with Gasteiger partial charge in [-0.15, -0.1) is 5.10 Å². The maximum atomic E-state index is 4.54. The van der Waals surface area contributed by atoms with Crippen molar-refractivity contribution in [2.45, 2.75) is 0 Å². The van der Waals surface area contributed by atoms with Crippen LogP contribution in [0.5, 0.6) is 0 Å². The van der Waals surface area contributed by atoms with Crippen LogP contribution in [0.4, 0.5) is 0 Å². The van der Waals surface area contributed by atoms with Crippen molar-refractivity contribution in [2.24, 2.45) is 0 Å². The molecule has 0 saturated heterocycles. The van der Waals surface area contributed by atoms with Gasteiger partial charge < -0.3 is 4.98 Å². The number of aromatic nitrogens is 4. The van der Waals surface area contributed by atoms with Gasteiger partial charge in [-0.2, -0.15) is 0 Å². The molecule has 4 nitrogen and oxygen atoms in total. The minimum absolute atomic E-state index is 0.749. The first-order chi connectivity index (χ1) is 8.92. The average molecular weight is 234 g/mol. The highest BCUT2D eigenvalue weighted by Crippen LogP contribution is 2.26. The lowest BCUT2D eigenvalue weighted by molar-refractivity contribution is 0.966. The standard InChI is InChI=1S/C14H10N4/c1-2-6-12-10(5-1)11(9-15-12)14-16-13-7-3-4-8-18(13)17-14/h1-9,15H. The van der Waals surface area contributed by atoms with Crippen molar-refractivity contribution in [3.05, 3.63) is 54.9 Å². The molecule has 4 heteroatoms. The summed E-state index contributed by atoms with van der Waals surface area (Å²) in [6.45, 7) is 0. The van der Waals surface area contributed by atoms with Crippen molar-refractivity contribution in [3.63, 3.8) is 0 Å². The van der Waals surface area contributed by atoms with E-state index in [1.165, 1.54) is 0 Å². The zero-order valence-electron chi connectivity index (χ0n) is 9.54. The van der Waals surface area contributed by atoms with Crippen LogP contribution in [0.3, 0.4) is 0 Å². The minimum Gasteiger partial charge on any atom is -0.360 e. The quantitative estimate of drug-likeness (QED) is 0.550. The third-order valence-electron chi connectivity index (χ3n) is 3.07. The van der Waals surface area contributed by atoms with Crippen molar-refractivity contribution < 1.29 is 0 Å². The summed E-state index contributed by atoms with van der Waals surface area (Å²) < 4.78 is 1.79. The van der Waals surface area contributed by atoms with Gasteiger partial charge in [-0.05, 0) is 18.2 Å². The molecule has 3 heterocycles. The predicted octanol–water partition coefficient (Wildman–Crippen LogP) is 2.88. The Balaban J connectivity index is 2.01. The minimum atomic E-state index is 0.749. The van der Waals surface area contributed by atoms with E-state index in [0.717, 1.165) is 27.9 Å². The van der Waals surface area contributed by atoms with Crippen LogP contribution >= 0.6 is 0 Å². The maximum Gasteiger partial charge on any atom is 0.184 e. The highest BCUT2D eigenvalue weighted by molar-refractivity contribution is 5.93. The molecule has 86 valence electrons. The topological polar surface area (TPSA) is 46.0 Å². The van der Waals surface area contributed by atoms with Gasteiger partial charge in [0.15, 0.2) is 11.5 Å². The van der Waals surface area contributed by atoms with E-state index in [1.54, 1.807) is 4.52 Å². The van der Waals surface area contributed by atoms with Crippen LogP contribution in [0.15, 0.2) is 54.9 Å². The molecule has 0 saturated carbocycles. The Kier molecular flexibility index (Phi) is 1.80. The summed E-state index contributed by atoms with van der Waals surface area (Å²) in [6, 6.07) is 14.0. The lowest BCUT2D eigenvalue weighted by atomic mass is 10.2. The molecule has 0 aliphatic heterocycles. The van der Waals surface area contributed by atoms with Gasteiger partial charge in [-0.3, -0.25) is 0 Å². The highest BCUT2D eigenvalue weighted by atomic mass is 15.3. The number of para-hydroxylation sites is 1. The second kappa shape index (κ2) is 3.43. The third-order valence-corrected chi connectivity index (χ3v) is 3.07. The molecule has 3 aromatic heterocycles. The van der Waals surface area contributed by atoms with Gasteiger partial charge >= 0.3 is 0 Å².